The van der Waals surface area contributed by atoms with E-state index in [2.05, 4.69) is 430 Å². The molecular formula is C102H66B2N6S2. The largest absolute Gasteiger partial charge is 0.311 e. The minimum absolute atomic E-state index is 0.239. The molecule has 0 saturated carbocycles. The van der Waals surface area contributed by atoms with Gasteiger partial charge in [-0.1, -0.05) is 261 Å². The number of benzene rings is 17. The number of nitrogens with zero attached hydrogens (tertiary/aromatic N) is 6. The summed E-state index contributed by atoms with van der Waals surface area (Å²) in [5.41, 5.74) is 31.6. The van der Waals surface area contributed by atoms with Crippen molar-refractivity contribution in [3.63, 3.8) is 0 Å². The Kier molecular flexibility index (Phi) is 14.8. The highest BCUT2D eigenvalue weighted by Crippen LogP contribution is 2.57. The molecule has 0 unspecified atom stereocenters. The number of rotatable bonds is 12. The minimum Gasteiger partial charge on any atom is -0.311 e. The third kappa shape index (κ3) is 9.92. The summed E-state index contributed by atoms with van der Waals surface area (Å²) >= 11 is 3.73. The first-order valence-corrected chi connectivity index (χ1v) is 40.1. The van der Waals surface area contributed by atoms with Gasteiger partial charge in [-0.3, -0.25) is 0 Å². The highest BCUT2D eigenvalue weighted by atomic mass is 32.1. The molecule has 6 nitrogen and oxygen atoms in total. The van der Waals surface area contributed by atoms with E-state index in [4.69, 9.17) is 0 Å². The number of hydrogen-bond donors (Lipinski definition) is 0. The van der Waals surface area contributed by atoms with Crippen LogP contribution in [0.5, 0.6) is 0 Å². The first kappa shape index (κ1) is 64.1. The summed E-state index contributed by atoms with van der Waals surface area (Å²) in [6.07, 6.45) is 0. The molecule has 0 spiro atoms. The van der Waals surface area contributed by atoms with Crippen molar-refractivity contribution < 1.29 is 0 Å². The van der Waals surface area contributed by atoms with E-state index < -0.39 is 0 Å². The maximum absolute atomic E-state index is 2.69. The van der Waals surface area contributed by atoms with E-state index in [1.807, 2.05) is 22.7 Å². The molecular weight excluding hydrogens is 1390 g/mol. The van der Waals surface area contributed by atoms with Gasteiger partial charge in [-0.25, -0.2) is 0 Å². The van der Waals surface area contributed by atoms with Crippen LogP contribution in [-0.2, 0) is 0 Å². The van der Waals surface area contributed by atoms with Gasteiger partial charge in [-0.2, -0.15) is 0 Å². The Labute approximate surface area is 658 Å². The molecule has 0 radical (unpaired) electrons. The van der Waals surface area contributed by atoms with Crippen molar-refractivity contribution >= 4 is 212 Å². The number of anilines is 18. The van der Waals surface area contributed by atoms with Crippen molar-refractivity contribution in [3.8, 4) is 22.3 Å². The van der Waals surface area contributed by atoms with E-state index in [0.29, 0.717) is 0 Å². The third-order valence-corrected chi connectivity index (χ3v) is 25.6. The Balaban J connectivity index is 0.874. The Bertz CT molecular complexity index is 6850. The van der Waals surface area contributed by atoms with Crippen LogP contribution in [0.25, 0.3) is 62.6 Å². The molecule has 0 atom stereocenters. The van der Waals surface area contributed by atoms with Crippen molar-refractivity contribution in [3.05, 3.63) is 400 Å². The van der Waals surface area contributed by atoms with E-state index in [0.717, 1.165) is 125 Å². The highest BCUT2D eigenvalue weighted by molar-refractivity contribution is 7.26. The van der Waals surface area contributed by atoms with Gasteiger partial charge < -0.3 is 29.4 Å². The molecule has 0 N–H and O–H groups in total. The Morgan fingerprint density at radius 2 is 0.589 bits per heavy atom. The molecule has 112 heavy (non-hydrogen) atoms. The van der Waals surface area contributed by atoms with E-state index in [-0.39, 0.29) is 13.4 Å². The average molecular weight is 1460 g/mol. The summed E-state index contributed by atoms with van der Waals surface area (Å²) in [4.78, 5) is 15.5. The molecule has 4 aliphatic heterocycles. The van der Waals surface area contributed by atoms with Crippen LogP contribution >= 0.6 is 22.7 Å². The second-order valence-electron chi connectivity index (χ2n) is 29.4. The van der Waals surface area contributed by atoms with Crippen molar-refractivity contribution in [1.82, 2.24) is 0 Å². The average Bonchev–Trinajstić information content (AvgIpc) is 0.935. The fourth-order valence-electron chi connectivity index (χ4n) is 18.8. The molecule has 19 aromatic rings. The molecule has 6 heterocycles. The van der Waals surface area contributed by atoms with Crippen LogP contribution in [0.2, 0.25) is 0 Å². The van der Waals surface area contributed by atoms with Crippen molar-refractivity contribution in [2.24, 2.45) is 0 Å². The van der Waals surface area contributed by atoms with Crippen LogP contribution in [0.4, 0.5) is 102 Å². The second kappa shape index (κ2) is 25.9. The molecule has 23 rings (SSSR count). The van der Waals surface area contributed by atoms with E-state index in [1.165, 1.54) is 73.1 Å². The van der Waals surface area contributed by atoms with Crippen LogP contribution in [-0.4, -0.2) is 13.4 Å². The van der Waals surface area contributed by atoms with Gasteiger partial charge in [0.05, 0.1) is 28.4 Å². The molecule has 0 fully saturated rings. The summed E-state index contributed by atoms with van der Waals surface area (Å²) in [5, 5.41) is 4.92. The molecule has 0 amide bonds. The quantitative estimate of drug-likeness (QED) is 0.113. The smallest absolute Gasteiger partial charge is 0.252 e. The van der Waals surface area contributed by atoms with E-state index in [9.17, 15) is 0 Å². The van der Waals surface area contributed by atoms with E-state index >= 15 is 0 Å². The fraction of sp³-hybridized carbons (Fsp3) is 0. The Hall–Kier alpha value is -13.9. The summed E-state index contributed by atoms with van der Waals surface area (Å²) in [5.74, 6) is 0. The first-order valence-electron chi connectivity index (χ1n) is 38.5. The number of para-hydroxylation sites is 8. The van der Waals surface area contributed by atoms with Gasteiger partial charge in [-0.05, 0) is 183 Å². The van der Waals surface area contributed by atoms with Crippen molar-refractivity contribution in [2.75, 3.05) is 29.4 Å². The number of thiophene rings is 2. The van der Waals surface area contributed by atoms with Crippen LogP contribution in [0.3, 0.4) is 0 Å². The van der Waals surface area contributed by atoms with Crippen LogP contribution in [0, 0.1) is 0 Å². The van der Waals surface area contributed by atoms with Crippen LogP contribution in [0.15, 0.2) is 400 Å². The summed E-state index contributed by atoms with van der Waals surface area (Å²) in [6.45, 7) is -0.520. The lowest BCUT2D eigenvalue weighted by molar-refractivity contribution is 1.22. The predicted molar refractivity (Wildman–Crippen MR) is 481 cm³/mol. The van der Waals surface area contributed by atoms with Gasteiger partial charge in [0, 0.05) is 125 Å². The topological polar surface area (TPSA) is 19.4 Å². The molecule has 522 valence electrons. The molecule has 4 aliphatic rings. The molecule has 17 aromatic carbocycles. The molecule has 10 heteroatoms. The Morgan fingerprint density at radius 1 is 0.223 bits per heavy atom. The number of fused-ring (bicyclic) bond motifs is 14. The second-order valence-corrected chi connectivity index (χ2v) is 31.5. The summed E-state index contributed by atoms with van der Waals surface area (Å²) < 4.78 is 4.98. The number of hydrogen-bond acceptors (Lipinski definition) is 8. The van der Waals surface area contributed by atoms with Gasteiger partial charge in [0.2, 0.25) is 0 Å². The highest BCUT2D eigenvalue weighted by Gasteiger charge is 2.50. The molecule has 0 saturated heterocycles. The zero-order valence-electron chi connectivity index (χ0n) is 60.8. The van der Waals surface area contributed by atoms with Crippen molar-refractivity contribution in [2.45, 2.75) is 0 Å². The van der Waals surface area contributed by atoms with Gasteiger partial charge in [0.25, 0.3) is 13.4 Å². The zero-order chi connectivity index (χ0) is 73.5. The lowest BCUT2D eigenvalue weighted by Gasteiger charge is -2.48. The lowest BCUT2D eigenvalue weighted by atomic mass is 9.30. The van der Waals surface area contributed by atoms with Crippen LogP contribution < -0.4 is 62.2 Å². The Morgan fingerprint density at radius 3 is 1.12 bits per heavy atom. The maximum atomic E-state index is 2.69. The van der Waals surface area contributed by atoms with Gasteiger partial charge in [0.15, 0.2) is 0 Å². The minimum atomic E-state index is -0.281. The van der Waals surface area contributed by atoms with Gasteiger partial charge in [-0.15, -0.1) is 22.7 Å². The first-order chi connectivity index (χ1) is 55.6. The molecule has 2 aromatic heterocycles. The molecule has 0 bridgehead atoms. The van der Waals surface area contributed by atoms with Crippen molar-refractivity contribution in [1.29, 1.82) is 0 Å². The van der Waals surface area contributed by atoms with E-state index in [1.54, 1.807) is 0 Å². The van der Waals surface area contributed by atoms with Gasteiger partial charge in [0.1, 0.15) is 0 Å². The maximum Gasteiger partial charge on any atom is 0.252 e. The zero-order valence-corrected chi connectivity index (χ0v) is 62.4. The summed E-state index contributed by atoms with van der Waals surface area (Å²) in [6, 6.07) is 150. The summed E-state index contributed by atoms with van der Waals surface area (Å²) in [7, 11) is 0. The normalized spacial score (nSPS) is 12.9. The third-order valence-electron chi connectivity index (χ3n) is 23.3. The fourth-order valence-corrected chi connectivity index (χ4v) is 21.1. The van der Waals surface area contributed by atoms with Crippen LogP contribution in [0.1, 0.15) is 0 Å². The predicted octanol–water partition coefficient (Wildman–Crippen LogP) is 24.9. The van der Waals surface area contributed by atoms with Gasteiger partial charge >= 0.3 is 0 Å². The molecule has 0 aliphatic carbocycles. The lowest BCUT2D eigenvalue weighted by Crippen LogP contribution is -2.65. The SMILES string of the molecule is c1ccc(-c2cccc(-c3ccccc3)c2N2c3ccccc3B3c4cc5c(cc4N(c4ccccc4)c4cc(N(c6ccccc6)c6cccc7sc8ccccc8c67)cc2c43)N(c2cccc3sc4ccccc4c23)c2cc(N(c3ccccc3)c3ccccc3)cc3c2B5c2ccccc2N3c2ccccc2)cc1. The standard InChI is InChI=1S/C102H66B2N6S2/c1-8-33-67(34-9-1)76-49-30-50-77(68-35-10-2-11-36-68)102(76)110-85-54-27-25-52-81(85)104-82-65-83-89(66-88(82)108(73-45-20-7-21-46-73)91-63-75(64-93(110)101(91)104)106(71-41-16-5-17-42-71)86-55-31-59-96-98(86)78-47-22-28-57-94(78)111-96)109(87-56-32-60-97-99(87)79-48-23-29-58-95(79)112-97)92-62-74(105(69-37-12-3-13-38-69)70-39-14-4-15-40-70)61-90-100(92)103(83)80-51-24-26-53-84(80)107(90)72-43-18-6-19-44-72/h1-66H. The monoisotopic (exact) mass is 1460 g/mol.